The van der Waals surface area contributed by atoms with Gasteiger partial charge in [-0.3, -0.25) is 0 Å². The second kappa shape index (κ2) is 5.00. The Morgan fingerprint density at radius 2 is 2.00 bits per heavy atom. The standard InChI is InChI=1S/C6H8F4O3/c7-4(5(11)12)13-3-1-2-6(8,9)10/h4H,1-3H2,(H,11,12). The van der Waals surface area contributed by atoms with Crippen LogP contribution in [0.4, 0.5) is 17.6 Å². The molecule has 0 aromatic carbocycles. The van der Waals surface area contributed by atoms with E-state index in [1.807, 2.05) is 0 Å². The number of carbonyl (C=O) groups is 1. The van der Waals surface area contributed by atoms with Gasteiger partial charge in [0.15, 0.2) is 0 Å². The minimum absolute atomic E-state index is 0.447. The predicted molar refractivity (Wildman–Crippen MR) is 33.8 cm³/mol. The monoisotopic (exact) mass is 204 g/mol. The highest BCUT2D eigenvalue weighted by Crippen LogP contribution is 2.21. The lowest BCUT2D eigenvalue weighted by Crippen LogP contribution is -2.19. The highest BCUT2D eigenvalue weighted by atomic mass is 19.4. The van der Waals surface area contributed by atoms with Crippen molar-refractivity contribution in [2.45, 2.75) is 25.4 Å². The number of carboxylic acids is 1. The van der Waals surface area contributed by atoms with E-state index in [-0.39, 0.29) is 0 Å². The van der Waals surface area contributed by atoms with Gasteiger partial charge in [0, 0.05) is 6.42 Å². The molecule has 3 nitrogen and oxygen atoms in total. The molecule has 0 bridgehead atoms. The van der Waals surface area contributed by atoms with Crippen molar-refractivity contribution >= 4 is 5.97 Å². The van der Waals surface area contributed by atoms with Gasteiger partial charge in [0.1, 0.15) is 0 Å². The van der Waals surface area contributed by atoms with Crippen LogP contribution in [0.2, 0.25) is 0 Å². The van der Waals surface area contributed by atoms with Gasteiger partial charge in [-0.2, -0.15) is 13.2 Å². The largest absolute Gasteiger partial charge is 0.477 e. The minimum Gasteiger partial charge on any atom is -0.477 e. The van der Waals surface area contributed by atoms with Crippen LogP contribution < -0.4 is 0 Å². The van der Waals surface area contributed by atoms with Crippen LogP contribution in [-0.2, 0) is 9.53 Å². The smallest absolute Gasteiger partial charge is 0.389 e. The molecule has 1 N–H and O–H groups in total. The lowest BCUT2D eigenvalue weighted by Gasteiger charge is -2.07. The van der Waals surface area contributed by atoms with Gasteiger partial charge in [-0.1, -0.05) is 0 Å². The molecule has 0 rings (SSSR count). The normalized spacial score (nSPS) is 14.2. The summed E-state index contributed by atoms with van der Waals surface area (Å²) in [4.78, 5) is 9.77. The molecule has 78 valence electrons. The molecular formula is C6H8F4O3. The second-order valence-electron chi connectivity index (χ2n) is 2.24. The Hall–Kier alpha value is -0.850. The number of carboxylic acid groups (broad SMARTS) is 1. The molecular weight excluding hydrogens is 196 g/mol. The number of halogens is 4. The van der Waals surface area contributed by atoms with Crippen LogP contribution in [0.1, 0.15) is 12.8 Å². The van der Waals surface area contributed by atoms with Crippen LogP contribution >= 0.6 is 0 Å². The summed E-state index contributed by atoms with van der Waals surface area (Å²) in [5.41, 5.74) is 0. The first-order valence-corrected chi connectivity index (χ1v) is 3.38. The first-order valence-electron chi connectivity index (χ1n) is 3.38. The molecule has 0 aliphatic carbocycles. The van der Waals surface area contributed by atoms with Gasteiger partial charge in [0.05, 0.1) is 6.61 Å². The lowest BCUT2D eigenvalue weighted by atomic mass is 10.3. The zero-order valence-corrected chi connectivity index (χ0v) is 6.47. The van der Waals surface area contributed by atoms with Crippen molar-refractivity contribution in [1.82, 2.24) is 0 Å². The molecule has 0 spiro atoms. The Bertz CT molecular complexity index is 168. The average molecular weight is 204 g/mol. The van der Waals surface area contributed by atoms with Gasteiger partial charge < -0.3 is 9.84 Å². The van der Waals surface area contributed by atoms with Crippen molar-refractivity contribution < 1.29 is 32.2 Å². The Kier molecular flexibility index (Phi) is 4.68. The third kappa shape index (κ3) is 7.51. The van der Waals surface area contributed by atoms with Gasteiger partial charge in [-0.15, -0.1) is 0 Å². The predicted octanol–water partition coefficient (Wildman–Crippen LogP) is 1.73. The molecule has 1 atom stereocenters. The molecule has 0 saturated carbocycles. The fraction of sp³-hybridized carbons (Fsp3) is 0.833. The van der Waals surface area contributed by atoms with E-state index in [2.05, 4.69) is 4.74 Å². The van der Waals surface area contributed by atoms with E-state index in [9.17, 15) is 22.4 Å². The van der Waals surface area contributed by atoms with Crippen molar-refractivity contribution in [3.8, 4) is 0 Å². The van der Waals surface area contributed by atoms with Crippen LogP contribution in [0.15, 0.2) is 0 Å². The summed E-state index contributed by atoms with van der Waals surface area (Å²) >= 11 is 0. The number of ether oxygens (including phenoxy) is 1. The van der Waals surface area contributed by atoms with Crippen molar-refractivity contribution in [3.63, 3.8) is 0 Å². The first kappa shape index (κ1) is 12.2. The van der Waals surface area contributed by atoms with Crippen LogP contribution in [0.25, 0.3) is 0 Å². The molecule has 0 saturated heterocycles. The fourth-order valence-electron chi connectivity index (χ4n) is 0.531. The minimum atomic E-state index is -4.32. The highest BCUT2D eigenvalue weighted by molar-refractivity contribution is 5.70. The van der Waals surface area contributed by atoms with Gasteiger partial charge in [-0.05, 0) is 6.42 Å². The third-order valence-electron chi connectivity index (χ3n) is 1.06. The molecule has 0 aliphatic rings. The van der Waals surface area contributed by atoms with Gasteiger partial charge in [0.2, 0.25) is 0 Å². The van der Waals surface area contributed by atoms with E-state index < -0.39 is 38.0 Å². The van der Waals surface area contributed by atoms with Gasteiger partial charge in [0.25, 0.3) is 6.36 Å². The van der Waals surface area contributed by atoms with Gasteiger partial charge in [-0.25, -0.2) is 9.18 Å². The van der Waals surface area contributed by atoms with E-state index in [0.29, 0.717) is 0 Å². The Labute approximate surface area is 71.3 Å². The van der Waals surface area contributed by atoms with Crippen LogP contribution in [0.3, 0.4) is 0 Å². The number of aliphatic carboxylic acids is 1. The summed E-state index contributed by atoms with van der Waals surface area (Å²) in [6.07, 6.45) is -8.43. The maximum Gasteiger partial charge on any atom is 0.389 e. The summed E-state index contributed by atoms with van der Waals surface area (Å²) in [5, 5.41) is 7.92. The van der Waals surface area contributed by atoms with Crippen molar-refractivity contribution in [3.05, 3.63) is 0 Å². The highest BCUT2D eigenvalue weighted by Gasteiger charge is 2.26. The molecule has 0 aliphatic heterocycles. The Morgan fingerprint density at radius 1 is 1.46 bits per heavy atom. The first-order chi connectivity index (χ1) is 5.83. The number of hydrogen-bond acceptors (Lipinski definition) is 2. The zero-order chi connectivity index (χ0) is 10.5. The number of alkyl halides is 4. The van der Waals surface area contributed by atoms with E-state index in [4.69, 9.17) is 5.11 Å². The summed E-state index contributed by atoms with van der Waals surface area (Å²) in [5.74, 6) is -1.84. The SMILES string of the molecule is O=C(O)C(F)OCCCC(F)(F)F. The summed E-state index contributed by atoms with van der Waals surface area (Å²) in [7, 11) is 0. The molecule has 7 heteroatoms. The van der Waals surface area contributed by atoms with E-state index in [1.54, 1.807) is 0 Å². The third-order valence-corrected chi connectivity index (χ3v) is 1.06. The van der Waals surface area contributed by atoms with Crippen LogP contribution in [0, 0.1) is 0 Å². The van der Waals surface area contributed by atoms with E-state index in [1.165, 1.54) is 0 Å². The zero-order valence-electron chi connectivity index (χ0n) is 6.47. The molecule has 0 heterocycles. The molecule has 0 aromatic rings. The van der Waals surface area contributed by atoms with E-state index in [0.717, 1.165) is 0 Å². The molecule has 0 aromatic heterocycles. The second-order valence-corrected chi connectivity index (χ2v) is 2.24. The maximum atomic E-state index is 12.0. The summed E-state index contributed by atoms with van der Waals surface area (Å²) in [6, 6.07) is 0. The molecule has 0 fully saturated rings. The quantitative estimate of drug-likeness (QED) is 0.547. The Balaban J connectivity index is 3.41. The van der Waals surface area contributed by atoms with Gasteiger partial charge >= 0.3 is 12.1 Å². The topological polar surface area (TPSA) is 46.5 Å². The lowest BCUT2D eigenvalue weighted by molar-refractivity contribution is -0.165. The summed E-state index contributed by atoms with van der Waals surface area (Å²) in [6.45, 7) is -0.563. The maximum absolute atomic E-state index is 12.0. The molecule has 0 radical (unpaired) electrons. The molecule has 1 unspecified atom stereocenters. The molecule has 13 heavy (non-hydrogen) atoms. The van der Waals surface area contributed by atoms with Crippen LogP contribution in [-0.4, -0.2) is 30.2 Å². The molecule has 0 amide bonds. The average Bonchev–Trinajstić information content (AvgIpc) is 1.95. The van der Waals surface area contributed by atoms with Crippen molar-refractivity contribution in [1.29, 1.82) is 0 Å². The van der Waals surface area contributed by atoms with Crippen molar-refractivity contribution in [2.75, 3.05) is 6.61 Å². The fourth-order valence-corrected chi connectivity index (χ4v) is 0.531. The number of rotatable bonds is 5. The van der Waals surface area contributed by atoms with Crippen LogP contribution in [0.5, 0.6) is 0 Å². The Morgan fingerprint density at radius 3 is 2.38 bits per heavy atom. The summed E-state index contributed by atoms with van der Waals surface area (Å²) < 4.78 is 50.4. The van der Waals surface area contributed by atoms with Crippen molar-refractivity contribution in [2.24, 2.45) is 0 Å². The van der Waals surface area contributed by atoms with E-state index >= 15 is 0 Å². The number of hydrogen-bond donors (Lipinski definition) is 1.